The molecular formula is C25H41N5O15S. The van der Waals surface area contributed by atoms with Gasteiger partial charge >= 0.3 is 17.9 Å². The molecule has 0 spiro atoms. The van der Waals surface area contributed by atoms with Crippen LogP contribution in [0.25, 0.3) is 0 Å². The van der Waals surface area contributed by atoms with Crippen LogP contribution in [0.15, 0.2) is 0 Å². The Morgan fingerprint density at radius 3 is 2.02 bits per heavy atom. The number of aliphatic hydroxyl groups is 3. The summed E-state index contributed by atoms with van der Waals surface area (Å²) in [7, 11) is 0. The summed E-state index contributed by atoms with van der Waals surface area (Å²) in [5.74, 6) is -7.93. The highest BCUT2D eigenvalue weighted by atomic mass is 32.2. The van der Waals surface area contributed by atoms with E-state index in [0.717, 1.165) is 18.7 Å². The van der Waals surface area contributed by atoms with Gasteiger partial charge in [-0.3, -0.25) is 24.0 Å². The monoisotopic (exact) mass is 683 g/mol. The number of aliphatic carboxylic acids is 3. The quantitative estimate of drug-likeness (QED) is 0.0606. The second kappa shape index (κ2) is 19.2. The van der Waals surface area contributed by atoms with Crippen LogP contribution in [0, 0.1) is 0 Å². The maximum Gasteiger partial charge on any atom is 0.327 e. The van der Waals surface area contributed by atoms with E-state index in [9.17, 15) is 59.1 Å². The number of carbonyl (C=O) groups is 7. The highest BCUT2D eigenvalue weighted by molar-refractivity contribution is 7.99. The largest absolute Gasteiger partial charge is 0.480 e. The molecule has 1 fully saturated rings. The summed E-state index contributed by atoms with van der Waals surface area (Å²) in [6.07, 6.45) is -8.42. The Kier molecular flexibility index (Phi) is 16.8. The molecule has 0 bridgehead atoms. The molecule has 20 nitrogen and oxygen atoms in total. The molecule has 10 atom stereocenters. The molecule has 21 heteroatoms. The lowest BCUT2D eigenvalue weighted by Crippen LogP contribution is -2.65. The van der Waals surface area contributed by atoms with E-state index in [1.54, 1.807) is 0 Å². The van der Waals surface area contributed by atoms with Crippen LogP contribution < -0.4 is 27.0 Å². The van der Waals surface area contributed by atoms with Gasteiger partial charge in [-0.25, -0.2) is 9.59 Å². The van der Waals surface area contributed by atoms with Crippen LogP contribution in [-0.4, -0.2) is 151 Å². The first-order chi connectivity index (χ1) is 21.4. The highest BCUT2D eigenvalue weighted by Crippen LogP contribution is 2.23. The van der Waals surface area contributed by atoms with Crippen molar-refractivity contribution in [3.05, 3.63) is 0 Å². The summed E-state index contributed by atoms with van der Waals surface area (Å²) in [6, 6.07) is -6.97. The fourth-order valence-corrected chi connectivity index (χ4v) is 4.98. The highest BCUT2D eigenvalue weighted by Gasteiger charge is 2.47. The van der Waals surface area contributed by atoms with E-state index in [-0.39, 0.29) is 11.5 Å². The molecule has 0 aromatic heterocycles. The molecule has 0 aromatic rings. The van der Waals surface area contributed by atoms with Crippen LogP contribution in [0.1, 0.15) is 33.6 Å². The third kappa shape index (κ3) is 13.0. The standard InChI is InChI=1S/C25H41N5O15S/c1-9(27-21(36)10(2)44-19-17(28-11(3)32)25(43)45-15(6-31)18(19)34)20(35)30-13(23(39)40)4-5-16(33)29-14(24(41)42)8-46-7-12(26)22(37)38/h9-10,12-15,17-19,25,31,34,43H,4-8,26H2,1-3H3,(H,27,36)(H,28,32)(H,29,33)(H,30,35)(H,37,38)(H,39,40)(H,41,42)/t9-,10?,12-,13+,14-,15+,17+,18+,19+,25?/m0/s1. The Morgan fingerprint density at radius 2 is 1.50 bits per heavy atom. The summed E-state index contributed by atoms with van der Waals surface area (Å²) in [5, 5.41) is 66.7. The molecule has 262 valence electrons. The molecule has 1 rings (SSSR count). The van der Waals surface area contributed by atoms with Crippen LogP contribution in [0.5, 0.6) is 0 Å². The molecule has 4 amide bonds. The maximum atomic E-state index is 12.8. The number of nitrogens with two attached hydrogens (primary N) is 1. The van der Waals surface area contributed by atoms with Crippen molar-refractivity contribution >= 4 is 53.3 Å². The van der Waals surface area contributed by atoms with Gasteiger partial charge in [0.25, 0.3) is 0 Å². The van der Waals surface area contributed by atoms with Crippen molar-refractivity contribution in [2.45, 2.75) is 94.5 Å². The SMILES string of the molecule is CC(=O)N[C@H]1C(O)O[C@H](CO)[C@@H](O)[C@@H]1OC(C)C(=O)N[C@@H](C)C(=O)N[C@H](CCC(=O)N[C@@H](CSC[C@H](N)C(=O)O)C(=O)O)C(=O)O. The summed E-state index contributed by atoms with van der Waals surface area (Å²) < 4.78 is 10.6. The molecule has 46 heavy (non-hydrogen) atoms. The molecular weight excluding hydrogens is 642 g/mol. The molecule has 1 aliphatic rings. The third-order valence-corrected chi connectivity index (χ3v) is 7.70. The van der Waals surface area contributed by atoms with Gasteiger partial charge in [0.05, 0.1) is 6.61 Å². The summed E-state index contributed by atoms with van der Waals surface area (Å²) >= 11 is 0.877. The Bertz CT molecular complexity index is 1110. The molecule has 0 saturated carbocycles. The van der Waals surface area contributed by atoms with Crippen molar-refractivity contribution in [1.29, 1.82) is 0 Å². The van der Waals surface area contributed by atoms with Gasteiger partial charge in [-0.1, -0.05) is 0 Å². The molecule has 12 N–H and O–H groups in total. The van der Waals surface area contributed by atoms with Crippen LogP contribution >= 0.6 is 11.8 Å². The Balaban J connectivity index is 2.73. The van der Waals surface area contributed by atoms with Crippen LogP contribution in [-0.2, 0) is 43.0 Å². The van der Waals surface area contributed by atoms with E-state index in [4.69, 9.17) is 20.3 Å². The molecule has 2 unspecified atom stereocenters. The number of aliphatic hydroxyl groups excluding tert-OH is 3. The number of hydrogen-bond donors (Lipinski definition) is 11. The number of rotatable bonds is 19. The van der Waals surface area contributed by atoms with E-state index < -0.39 is 122 Å². The van der Waals surface area contributed by atoms with Crippen molar-refractivity contribution in [3.63, 3.8) is 0 Å². The first kappa shape index (κ1) is 40.4. The molecule has 1 aliphatic heterocycles. The van der Waals surface area contributed by atoms with E-state index in [2.05, 4.69) is 21.3 Å². The number of ether oxygens (including phenoxy) is 2. The number of carboxylic acids is 3. The fraction of sp³-hybridized carbons (Fsp3) is 0.720. The zero-order chi connectivity index (χ0) is 35.3. The van der Waals surface area contributed by atoms with Gasteiger partial charge in [0, 0.05) is 24.9 Å². The number of carboxylic acid groups (broad SMARTS) is 3. The second-order valence-corrected chi connectivity index (χ2v) is 11.4. The topological polar surface area (TPSA) is 333 Å². The van der Waals surface area contributed by atoms with Crippen molar-refractivity contribution in [3.8, 4) is 0 Å². The minimum atomic E-state index is -1.71. The smallest absolute Gasteiger partial charge is 0.327 e. The summed E-state index contributed by atoms with van der Waals surface area (Å²) in [6.45, 7) is 2.84. The van der Waals surface area contributed by atoms with Crippen molar-refractivity contribution < 1.29 is 73.7 Å². The number of amides is 4. The Hall–Kier alpha value is -3.60. The lowest BCUT2D eigenvalue weighted by molar-refractivity contribution is -0.266. The first-order valence-electron chi connectivity index (χ1n) is 13.9. The van der Waals surface area contributed by atoms with E-state index in [1.165, 1.54) is 13.8 Å². The average Bonchev–Trinajstić information content (AvgIpc) is 2.96. The van der Waals surface area contributed by atoms with Gasteiger partial charge in [0.15, 0.2) is 6.29 Å². The minimum Gasteiger partial charge on any atom is -0.480 e. The lowest BCUT2D eigenvalue weighted by Gasteiger charge is -2.43. The lowest BCUT2D eigenvalue weighted by atomic mass is 9.96. The predicted octanol–water partition coefficient (Wildman–Crippen LogP) is -5.10. The summed E-state index contributed by atoms with van der Waals surface area (Å²) in [4.78, 5) is 83.2. The van der Waals surface area contributed by atoms with Crippen molar-refractivity contribution in [2.75, 3.05) is 18.1 Å². The molecule has 0 aliphatic carbocycles. The van der Waals surface area contributed by atoms with Gasteiger partial charge in [-0.2, -0.15) is 11.8 Å². The molecule has 0 radical (unpaired) electrons. The maximum absolute atomic E-state index is 12.8. The zero-order valence-corrected chi connectivity index (χ0v) is 26.0. The van der Waals surface area contributed by atoms with Gasteiger partial charge in [-0.05, 0) is 20.3 Å². The Labute approximate surface area is 266 Å². The summed E-state index contributed by atoms with van der Waals surface area (Å²) in [5.41, 5.74) is 5.35. The first-order valence-corrected chi connectivity index (χ1v) is 15.0. The van der Waals surface area contributed by atoms with Crippen molar-refractivity contribution in [1.82, 2.24) is 21.3 Å². The number of hydrogen-bond acceptors (Lipinski definition) is 14. The molecule has 1 saturated heterocycles. The van der Waals surface area contributed by atoms with Crippen LogP contribution in [0.3, 0.4) is 0 Å². The van der Waals surface area contributed by atoms with Gasteiger partial charge < -0.3 is 67.1 Å². The number of nitrogens with one attached hydrogen (secondary N) is 4. The fourth-order valence-electron chi connectivity index (χ4n) is 3.98. The molecule has 0 aromatic carbocycles. The van der Waals surface area contributed by atoms with E-state index in [1.807, 2.05) is 0 Å². The van der Waals surface area contributed by atoms with Gasteiger partial charge in [0.2, 0.25) is 23.6 Å². The average molecular weight is 684 g/mol. The van der Waals surface area contributed by atoms with Crippen molar-refractivity contribution in [2.24, 2.45) is 5.73 Å². The van der Waals surface area contributed by atoms with Gasteiger partial charge in [0.1, 0.15) is 54.6 Å². The molecule has 1 heterocycles. The normalized spacial score (nSPS) is 24.3. The predicted molar refractivity (Wildman–Crippen MR) is 155 cm³/mol. The number of carbonyl (C=O) groups excluding carboxylic acids is 4. The van der Waals surface area contributed by atoms with Crippen LogP contribution in [0.2, 0.25) is 0 Å². The van der Waals surface area contributed by atoms with E-state index >= 15 is 0 Å². The second-order valence-electron chi connectivity index (χ2n) is 10.3. The minimum absolute atomic E-state index is 0.121. The van der Waals surface area contributed by atoms with Gasteiger partial charge in [-0.15, -0.1) is 0 Å². The third-order valence-electron chi connectivity index (χ3n) is 6.53. The van der Waals surface area contributed by atoms with E-state index in [0.29, 0.717) is 0 Å². The van der Waals surface area contributed by atoms with Crippen LogP contribution in [0.4, 0.5) is 0 Å². The number of thioether (sulfide) groups is 1. The zero-order valence-electron chi connectivity index (χ0n) is 25.2. The Morgan fingerprint density at radius 1 is 0.891 bits per heavy atom.